The van der Waals surface area contributed by atoms with Gasteiger partial charge in [-0.15, -0.1) is 4.79 Å². The molecule has 0 aliphatic heterocycles. The Labute approximate surface area is 342 Å². The predicted octanol–water partition coefficient (Wildman–Crippen LogP) is 16.3. The van der Waals surface area contributed by atoms with Gasteiger partial charge < -0.3 is 5.53 Å². The average Bonchev–Trinajstić information content (AvgIpc) is 3.16. The standard InChI is InChI=1S/C49H78N2.2CH3.Ni/c1-9-17-22-29-41-36-45(37-42(30-23-18-10-2)47(41)33-25-20-12-4)49(48(32-21-13-5)43(38-51-50)31-24-19-11-3)44-34-39(26-14-6)46(28-16-8)40(35-44)27-15-7;;;/h34-37H,9-33H2,1-8H3;2*1H3;. The second kappa shape index (κ2) is 32.0. The molecule has 0 aliphatic rings. The van der Waals surface area contributed by atoms with Gasteiger partial charge >= 0.3 is 32.1 Å². The van der Waals surface area contributed by atoms with E-state index in [9.17, 15) is 5.53 Å². The second-order valence-electron chi connectivity index (χ2n) is 15.6. The number of hydrogen-bond acceptors (Lipinski definition) is 0. The molecule has 0 bridgehead atoms. The van der Waals surface area contributed by atoms with Gasteiger partial charge in [0.05, 0.1) is 5.57 Å². The molecular formula is C51H84N2Ni. The van der Waals surface area contributed by atoms with Crippen molar-refractivity contribution in [1.29, 1.82) is 0 Å². The Hall–Kier alpha value is -2.17. The van der Waals surface area contributed by atoms with E-state index >= 15 is 0 Å². The number of nitrogens with zero attached hydrogens (tertiary/aromatic N) is 2. The van der Waals surface area contributed by atoms with Gasteiger partial charge in [0.1, 0.15) is 0 Å². The maximum absolute atomic E-state index is 10.1. The van der Waals surface area contributed by atoms with Crippen molar-refractivity contribution in [2.24, 2.45) is 0 Å². The van der Waals surface area contributed by atoms with Gasteiger partial charge in [0.2, 0.25) is 0 Å². The molecule has 308 valence electrons. The molecule has 0 aliphatic carbocycles. The van der Waals surface area contributed by atoms with E-state index in [1.807, 2.05) is 0 Å². The Morgan fingerprint density at radius 3 is 1.28 bits per heavy atom. The minimum absolute atomic E-state index is 0.903. The van der Waals surface area contributed by atoms with E-state index in [0.29, 0.717) is 0 Å². The normalized spacial score (nSPS) is 11.5. The third-order valence-corrected chi connectivity index (χ3v) is 10.8. The summed E-state index contributed by atoms with van der Waals surface area (Å²) >= 11 is 1.62. The fraction of sp³-hybridized carbons (Fsp3) is 0.686. The van der Waals surface area contributed by atoms with Crippen molar-refractivity contribution >= 4 is 11.4 Å². The van der Waals surface area contributed by atoms with Crippen LogP contribution in [0.4, 0.5) is 0 Å². The molecule has 0 amide bonds. The fourth-order valence-electron chi connectivity index (χ4n) is 8.07. The van der Waals surface area contributed by atoms with Gasteiger partial charge in [0, 0.05) is 0 Å². The summed E-state index contributed by atoms with van der Waals surface area (Å²) in [6.45, 7) is 18.6. The van der Waals surface area contributed by atoms with Gasteiger partial charge in [-0.05, 0) is 139 Å². The summed E-state index contributed by atoms with van der Waals surface area (Å²) in [5.74, 6) is 7.30. The number of hydrogen-bond donors (Lipinski definition) is 0. The summed E-state index contributed by atoms with van der Waals surface area (Å²) in [6.07, 6.45) is 29.4. The van der Waals surface area contributed by atoms with E-state index in [-0.39, 0.29) is 0 Å². The maximum atomic E-state index is 10.1. The van der Waals surface area contributed by atoms with Crippen LogP contribution in [0.5, 0.6) is 0 Å². The van der Waals surface area contributed by atoms with Crippen LogP contribution >= 0.6 is 0 Å². The van der Waals surface area contributed by atoms with Crippen LogP contribution in [-0.2, 0) is 53.0 Å². The molecule has 2 nitrogen and oxygen atoms in total. The Balaban J connectivity index is 0.00000469. The molecule has 2 rings (SSSR count). The monoisotopic (exact) mass is 783 g/mol. The number of rotatable bonds is 28. The molecular weight excluding hydrogens is 699 g/mol. The number of unbranched alkanes of at least 4 members (excludes halogenated alkanes) is 9. The molecule has 2 aromatic rings. The predicted molar refractivity (Wildman–Crippen MR) is 238 cm³/mol. The summed E-state index contributed by atoms with van der Waals surface area (Å²) in [6, 6.07) is 10.4. The molecule has 0 heterocycles. The van der Waals surface area contributed by atoms with Crippen molar-refractivity contribution in [3.8, 4) is 0 Å². The van der Waals surface area contributed by atoms with Crippen molar-refractivity contribution in [3.05, 3.63) is 85.5 Å². The van der Waals surface area contributed by atoms with Crippen LogP contribution < -0.4 is 0 Å². The molecule has 0 saturated heterocycles. The average molecular weight is 784 g/mol. The van der Waals surface area contributed by atoms with E-state index in [0.717, 1.165) is 82.6 Å². The zero-order valence-corrected chi connectivity index (χ0v) is 38.2. The molecule has 0 fully saturated rings. The van der Waals surface area contributed by atoms with Gasteiger partial charge in [0.25, 0.3) is 0 Å². The summed E-state index contributed by atoms with van der Waals surface area (Å²) in [5, 5.41) is 0. The Bertz CT molecular complexity index is 1360. The van der Waals surface area contributed by atoms with Gasteiger partial charge in [0.15, 0.2) is 0 Å². The summed E-state index contributed by atoms with van der Waals surface area (Å²) in [4.78, 5) is 3.62. The molecule has 0 atom stereocenters. The van der Waals surface area contributed by atoms with Crippen LogP contribution in [0.2, 0.25) is 11.8 Å². The molecule has 3 heteroatoms. The zero-order chi connectivity index (χ0) is 40.0. The third kappa shape index (κ3) is 17.7. The van der Waals surface area contributed by atoms with Gasteiger partial charge in [-0.25, -0.2) is 0 Å². The zero-order valence-electron chi connectivity index (χ0n) is 37.2. The van der Waals surface area contributed by atoms with Crippen LogP contribution in [0, 0.1) is 0 Å². The molecule has 0 saturated carbocycles. The fourth-order valence-corrected chi connectivity index (χ4v) is 8.07. The van der Waals surface area contributed by atoms with Crippen LogP contribution in [0.15, 0.2) is 35.4 Å². The molecule has 0 unspecified atom stereocenters. The van der Waals surface area contributed by atoms with Crippen LogP contribution in [0.1, 0.15) is 222 Å². The van der Waals surface area contributed by atoms with Crippen LogP contribution in [0.3, 0.4) is 0 Å². The quantitative estimate of drug-likeness (QED) is 0.0206. The van der Waals surface area contributed by atoms with E-state index in [4.69, 9.17) is 0 Å². The van der Waals surface area contributed by atoms with Gasteiger partial charge in [-0.1, -0.05) is 157 Å². The minimum atomic E-state index is 0.903. The second-order valence-corrected chi connectivity index (χ2v) is 16.6. The van der Waals surface area contributed by atoms with Crippen molar-refractivity contribution in [2.75, 3.05) is 0 Å². The summed E-state index contributed by atoms with van der Waals surface area (Å²) in [7, 11) is 0. The van der Waals surface area contributed by atoms with Gasteiger partial charge in [-0.2, -0.15) is 0 Å². The SMILES string of the molecule is CCCCCC(=C=[N+]=[N-])C(CCCC)=C(c1cc(CCC)c(CCC)c(CCC)c1)c1cc(CCCCC)c(CCCCC)c(CCCCC)c1.[CH3][Ni][CH3]. The first-order valence-corrected chi connectivity index (χ1v) is 24.6. The van der Waals surface area contributed by atoms with Crippen LogP contribution in [0.25, 0.3) is 11.1 Å². The number of benzene rings is 2. The van der Waals surface area contributed by atoms with Gasteiger partial charge in [-0.3, -0.25) is 0 Å². The van der Waals surface area contributed by atoms with E-state index < -0.39 is 0 Å². The van der Waals surface area contributed by atoms with Crippen molar-refractivity contribution in [1.82, 2.24) is 0 Å². The summed E-state index contributed by atoms with van der Waals surface area (Å²) < 4.78 is 0. The first-order chi connectivity index (χ1) is 26.4. The van der Waals surface area contributed by atoms with Crippen molar-refractivity contribution < 1.29 is 19.2 Å². The van der Waals surface area contributed by atoms with Crippen molar-refractivity contribution in [2.45, 2.75) is 228 Å². The Morgan fingerprint density at radius 2 is 0.870 bits per heavy atom. The molecule has 2 aromatic carbocycles. The third-order valence-electron chi connectivity index (χ3n) is 10.8. The summed E-state index contributed by atoms with van der Waals surface area (Å²) in [5.41, 5.74) is 26.2. The van der Waals surface area contributed by atoms with E-state index in [1.165, 1.54) is 106 Å². The van der Waals surface area contributed by atoms with E-state index in [1.54, 1.807) is 47.8 Å². The molecule has 0 spiro atoms. The number of allylic oxidation sites excluding steroid dienone is 2. The molecule has 54 heavy (non-hydrogen) atoms. The Morgan fingerprint density at radius 1 is 0.481 bits per heavy atom. The van der Waals surface area contributed by atoms with Crippen molar-refractivity contribution in [3.63, 3.8) is 0 Å². The molecule has 0 aromatic heterocycles. The molecule has 0 N–H and O–H groups in total. The van der Waals surface area contributed by atoms with E-state index in [2.05, 4.69) is 102 Å². The first-order valence-electron chi connectivity index (χ1n) is 22.6. The Kier molecular flexibility index (Phi) is 29.5. The number of aryl methyl sites for hydroxylation is 4. The molecule has 0 radical (unpaired) electrons. The first kappa shape index (κ1) is 49.9. The van der Waals surface area contributed by atoms with Crippen LogP contribution in [-0.4, -0.2) is 10.7 Å². The topological polar surface area (TPSA) is 36.4 Å².